The van der Waals surface area contributed by atoms with Crippen LogP contribution in [0.25, 0.3) is 23.0 Å². The molecule has 2 aromatic heterocycles. The fourth-order valence-electron chi connectivity index (χ4n) is 5.14. The molecule has 16 heteroatoms. The van der Waals surface area contributed by atoms with Crippen molar-refractivity contribution in [3.63, 3.8) is 0 Å². The largest absolute Gasteiger partial charge is 0.464 e. The van der Waals surface area contributed by atoms with Gasteiger partial charge in [-0.2, -0.15) is 9.94 Å². The molecule has 1 aliphatic heterocycles. The van der Waals surface area contributed by atoms with E-state index in [0.29, 0.717) is 70.4 Å². The number of amides is 2. The molecule has 0 spiro atoms. The lowest BCUT2D eigenvalue weighted by atomic mass is 10.0. The number of nitriles is 1. The number of anilines is 2. The second kappa shape index (κ2) is 15.0. The molecule has 2 aromatic carbocycles. The lowest BCUT2D eigenvalue weighted by Gasteiger charge is -2.22. The Morgan fingerprint density at radius 3 is 2.77 bits per heavy atom. The molecule has 1 unspecified atom stereocenters. The number of carbonyl (C=O) groups excluding carboxylic acids is 3. The first kappa shape index (κ1) is 32.6. The quantitative estimate of drug-likeness (QED) is 0.160. The van der Waals surface area contributed by atoms with Gasteiger partial charge in [-0.1, -0.05) is 24.4 Å². The molecule has 0 fully saturated rings. The van der Waals surface area contributed by atoms with E-state index >= 15 is 0 Å². The summed E-state index contributed by atoms with van der Waals surface area (Å²) in [6.45, 7) is 1.93. The molecular weight excluding hydrogens is 628 g/mol. The Morgan fingerprint density at radius 2 is 2.02 bits per heavy atom. The number of methoxy groups -OCH3 is 1. The number of aromatic nitrogens is 6. The Kier molecular flexibility index (Phi) is 10.4. The Bertz CT molecular complexity index is 1830. The molecule has 2 amide bonds. The molecule has 4 aromatic rings. The molecule has 4 N–H and O–H groups in total. The third kappa shape index (κ3) is 7.92. The number of imidazole rings is 1. The van der Waals surface area contributed by atoms with Crippen molar-refractivity contribution in [3.05, 3.63) is 70.9 Å². The van der Waals surface area contributed by atoms with E-state index in [1.165, 1.54) is 24.2 Å². The maximum absolute atomic E-state index is 13.3. The van der Waals surface area contributed by atoms with E-state index in [0.717, 1.165) is 0 Å². The first-order valence-corrected chi connectivity index (χ1v) is 15.1. The average Bonchev–Trinajstić information content (AvgIpc) is 3.75. The van der Waals surface area contributed by atoms with Gasteiger partial charge in [0.15, 0.2) is 5.69 Å². The number of esters is 1. The highest BCUT2D eigenvalue weighted by molar-refractivity contribution is 6.30. The zero-order valence-electron chi connectivity index (χ0n) is 25.5. The van der Waals surface area contributed by atoms with Crippen molar-refractivity contribution >= 4 is 47.0 Å². The van der Waals surface area contributed by atoms with Gasteiger partial charge in [-0.3, -0.25) is 10.1 Å². The van der Waals surface area contributed by atoms with Crippen molar-refractivity contribution in [3.8, 4) is 23.0 Å². The van der Waals surface area contributed by atoms with Gasteiger partial charge in [0.25, 0.3) is 0 Å². The van der Waals surface area contributed by atoms with Crippen molar-refractivity contribution in [2.24, 2.45) is 0 Å². The smallest absolute Gasteiger partial charge is 0.411 e. The highest BCUT2D eigenvalue weighted by atomic mass is 35.5. The molecule has 3 heterocycles. The number of nitrogens with one attached hydrogen (secondary N) is 4. The molecular formula is C31H31ClN10O5. The predicted octanol–water partition coefficient (Wildman–Crippen LogP) is 4.54. The summed E-state index contributed by atoms with van der Waals surface area (Å²) in [5, 5.41) is 30.6. The number of nitrogens with zero attached hydrogens (tertiary/aromatic N) is 6. The zero-order valence-corrected chi connectivity index (χ0v) is 26.2. The maximum atomic E-state index is 13.3. The summed E-state index contributed by atoms with van der Waals surface area (Å²) in [5.74, 6) is -0.462. The number of tetrazole rings is 1. The minimum atomic E-state index is -0.725. The number of H-pyrrole nitrogens is 1. The molecule has 0 radical (unpaired) electrons. The van der Waals surface area contributed by atoms with Crippen LogP contribution in [0, 0.1) is 11.3 Å². The summed E-state index contributed by atoms with van der Waals surface area (Å²) in [5.41, 5.74) is 3.06. The second-order valence-corrected chi connectivity index (χ2v) is 10.9. The fourth-order valence-corrected chi connectivity index (χ4v) is 5.32. The number of carbonyl (C=O) groups is 3. The highest BCUT2D eigenvalue weighted by Crippen LogP contribution is 2.35. The first-order valence-electron chi connectivity index (χ1n) is 14.7. The van der Waals surface area contributed by atoms with Crippen LogP contribution in [0.15, 0.2) is 48.8 Å². The number of ether oxygens (including phenoxy) is 2. The molecule has 0 aliphatic carbocycles. The summed E-state index contributed by atoms with van der Waals surface area (Å²) in [7, 11) is 1.25. The van der Waals surface area contributed by atoms with Crippen LogP contribution in [0.4, 0.5) is 16.2 Å². The van der Waals surface area contributed by atoms with E-state index in [2.05, 4.69) is 47.5 Å². The Balaban J connectivity index is 1.48. The van der Waals surface area contributed by atoms with Crippen molar-refractivity contribution in [2.45, 2.75) is 44.7 Å². The summed E-state index contributed by atoms with van der Waals surface area (Å²) in [6, 6.07) is 10.9. The van der Waals surface area contributed by atoms with Gasteiger partial charge in [0.2, 0.25) is 5.91 Å². The van der Waals surface area contributed by atoms with Gasteiger partial charge in [0.1, 0.15) is 24.3 Å². The molecule has 15 nitrogen and oxygen atoms in total. The third-order valence-corrected chi connectivity index (χ3v) is 7.57. The van der Waals surface area contributed by atoms with Crippen LogP contribution in [0.2, 0.25) is 5.02 Å². The summed E-state index contributed by atoms with van der Waals surface area (Å²) >= 11 is 6.22. The van der Waals surface area contributed by atoms with Crippen LogP contribution in [0.1, 0.15) is 55.7 Å². The molecule has 0 saturated heterocycles. The normalized spacial score (nSPS) is 16.0. The predicted molar refractivity (Wildman–Crippen MR) is 171 cm³/mol. The van der Waals surface area contributed by atoms with Crippen molar-refractivity contribution < 1.29 is 23.9 Å². The van der Waals surface area contributed by atoms with E-state index < -0.39 is 30.1 Å². The molecule has 2 atom stereocenters. The van der Waals surface area contributed by atoms with Crippen LogP contribution in [-0.2, 0) is 19.1 Å². The number of hydrogen-bond donors (Lipinski definition) is 4. The van der Waals surface area contributed by atoms with E-state index in [9.17, 15) is 19.6 Å². The van der Waals surface area contributed by atoms with Gasteiger partial charge >= 0.3 is 12.1 Å². The molecule has 2 bridgehead atoms. The number of aromatic amines is 1. The summed E-state index contributed by atoms with van der Waals surface area (Å²) < 4.78 is 11.5. The molecule has 242 valence electrons. The molecule has 1 aliphatic rings. The van der Waals surface area contributed by atoms with Gasteiger partial charge < -0.3 is 25.1 Å². The molecule has 0 saturated carbocycles. The maximum Gasteiger partial charge on any atom is 0.411 e. The SMILES string of the molecule is CCOC(=O)C1CCCC[C@H](NC(=O)C=Cc2cc(Cl)ccc2-n2cnnn2)c2nc(C#N)c([nH]2)-c2ccc(NC(=O)OC)cc2N1. The number of fused-ring (bicyclic) bond motifs is 4. The van der Waals surface area contributed by atoms with Crippen molar-refractivity contribution in [2.75, 3.05) is 24.4 Å². The monoisotopic (exact) mass is 658 g/mol. The Hall–Kier alpha value is -5.75. The van der Waals surface area contributed by atoms with E-state index in [4.69, 9.17) is 21.1 Å². The number of rotatable bonds is 7. The first-order chi connectivity index (χ1) is 22.8. The molecule has 47 heavy (non-hydrogen) atoms. The van der Waals surface area contributed by atoms with Gasteiger partial charge in [-0.05, 0) is 72.7 Å². The van der Waals surface area contributed by atoms with Gasteiger partial charge in [0, 0.05) is 33.6 Å². The van der Waals surface area contributed by atoms with E-state index in [1.807, 2.05) is 0 Å². The molecule has 5 rings (SSSR count). The topological polar surface area (TPSA) is 202 Å². The standard InChI is InChI=1S/C31H31ClN10O5/c1-3-47-30(44)23-7-5-4-6-22(37-27(43)13-8-18-14-19(32)9-12-26(18)42-17-34-40-41-42)29-38-25(16-33)28(39-29)21-11-10-20(15-24(21)36-23)35-31(45)46-2/h8-15,17,22-23,36H,3-7H2,1-2H3,(H,35,45)(H,37,43)(H,38,39)/t22-,23?/m0/s1. The van der Waals surface area contributed by atoms with Crippen LogP contribution in [0.3, 0.4) is 0 Å². The second-order valence-electron chi connectivity index (χ2n) is 10.4. The third-order valence-electron chi connectivity index (χ3n) is 7.33. The van der Waals surface area contributed by atoms with Crippen molar-refractivity contribution in [1.82, 2.24) is 35.5 Å². The van der Waals surface area contributed by atoms with Crippen LogP contribution >= 0.6 is 11.6 Å². The van der Waals surface area contributed by atoms with E-state index in [1.54, 1.807) is 49.4 Å². The lowest BCUT2D eigenvalue weighted by molar-refractivity contribution is -0.144. The van der Waals surface area contributed by atoms with Crippen molar-refractivity contribution in [1.29, 1.82) is 5.26 Å². The number of benzene rings is 2. The summed E-state index contributed by atoms with van der Waals surface area (Å²) in [6.07, 6.45) is 5.84. The van der Waals surface area contributed by atoms with Crippen LogP contribution in [-0.4, -0.2) is 67.9 Å². The average molecular weight is 659 g/mol. The van der Waals surface area contributed by atoms with Gasteiger partial charge in [-0.15, -0.1) is 5.10 Å². The van der Waals surface area contributed by atoms with Gasteiger partial charge in [0.05, 0.1) is 31.1 Å². The van der Waals surface area contributed by atoms with E-state index in [-0.39, 0.29) is 12.3 Å². The minimum Gasteiger partial charge on any atom is -0.464 e. The fraction of sp³-hybridized carbons (Fsp3) is 0.290. The summed E-state index contributed by atoms with van der Waals surface area (Å²) in [4.78, 5) is 45.9. The number of hydrogen-bond acceptors (Lipinski definition) is 11. The van der Waals surface area contributed by atoms with Gasteiger partial charge in [-0.25, -0.2) is 14.6 Å². The minimum absolute atomic E-state index is 0.0865. The van der Waals surface area contributed by atoms with Crippen LogP contribution < -0.4 is 16.0 Å². The highest BCUT2D eigenvalue weighted by Gasteiger charge is 2.27. The zero-order chi connectivity index (χ0) is 33.3. The Labute approximate surface area is 274 Å². The lowest BCUT2D eigenvalue weighted by Crippen LogP contribution is -2.32. The van der Waals surface area contributed by atoms with Crippen LogP contribution in [0.5, 0.6) is 0 Å². The Morgan fingerprint density at radius 1 is 1.19 bits per heavy atom. The number of halogens is 1.